The van der Waals surface area contributed by atoms with E-state index in [1.54, 1.807) is 30.3 Å². The van der Waals surface area contributed by atoms with Gasteiger partial charge in [0.05, 0.1) is 10.7 Å². The van der Waals surface area contributed by atoms with Crippen molar-refractivity contribution in [2.75, 3.05) is 24.3 Å². The number of anilines is 2. The van der Waals surface area contributed by atoms with Crippen LogP contribution in [0.15, 0.2) is 36.4 Å². The van der Waals surface area contributed by atoms with Crippen molar-refractivity contribution in [2.24, 2.45) is 0 Å². The minimum Gasteiger partial charge on any atom is -0.376 e. The Bertz CT molecular complexity index is 644. The molecule has 0 bridgehead atoms. The van der Waals surface area contributed by atoms with Crippen molar-refractivity contribution in [3.63, 3.8) is 0 Å². The topological polar surface area (TPSA) is 45.2 Å². The molecular formula is C14H13Cl2N3O. The molecule has 2 aromatic rings. The molecule has 1 aromatic heterocycles. The zero-order valence-corrected chi connectivity index (χ0v) is 12.5. The molecule has 4 nitrogen and oxygen atoms in total. The lowest BCUT2D eigenvalue weighted by molar-refractivity contribution is 0.102. The molecule has 0 aliphatic heterocycles. The standard InChI is InChI=1S/C14H13Cl2N3O/c1-19(2)12-7-6-9(8-10(12)15)17-14(20)11-4-3-5-13(16)18-11/h3-8H,1-2H3,(H,17,20). The second-order valence-electron chi connectivity index (χ2n) is 4.36. The van der Waals surface area contributed by atoms with Crippen LogP contribution in [-0.2, 0) is 0 Å². The fourth-order valence-electron chi connectivity index (χ4n) is 1.68. The molecule has 6 heteroatoms. The van der Waals surface area contributed by atoms with Gasteiger partial charge >= 0.3 is 0 Å². The molecule has 0 saturated carbocycles. The summed E-state index contributed by atoms with van der Waals surface area (Å²) < 4.78 is 0. The van der Waals surface area contributed by atoms with Gasteiger partial charge < -0.3 is 10.2 Å². The molecule has 0 spiro atoms. The van der Waals surface area contributed by atoms with Crippen molar-refractivity contribution in [2.45, 2.75) is 0 Å². The van der Waals surface area contributed by atoms with Crippen LogP contribution in [0.25, 0.3) is 0 Å². The van der Waals surface area contributed by atoms with E-state index >= 15 is 0 Å². The molecule has 1 N–H and O–H groups in total. The summed E-state index contributed by atoms with van der Waals surface area (Å²) in [6.45, 7) is 0. The van der Waals surface area contributed by atoms with E-state index in [9.17, 15) is 4.79 Å². The van der Waals surface area contributed by atoms with E-state index < -0.39 is 0 Å². The highest BCUT2D eigenvalue weighted by atomic mass is 35.5. The summed E-state index contributed by atoms with van der Waals surface area (Å²) in [7, 11) is 3.80. The maximum absolute atomic E-state index is 12.0. The molecule has 0 fully saturated rings. The number of nitrogens with one attached hydrogen (secondary N) is 1. The smallest absolute Gasteiger partial charge is 0.274 e. The second kappa shape index (κ2) is 6.11. The Labute approximate surface area is 127 Å². The third-order valence-electron chi connectivity index (χ3n) is 2.64. The fraction of sp³-hybridized carbons (Fsp3) is 0.143. The Morgan fingerprint density at radius 2 is 1.95 bits per heavy atom. The molecule has 2 rings (SSSR count). The van der Waals surface area contributed by atoms with Gasteiger partial charge in [0, 0.05) is 19.8 Å². The highest BCUT2D eigenvalue weighted by molar-refractivity contribution is 6.33. The summed E-state index contributed by atoms with van der Waals surface area (Å²) in [6.07, 6.45) is 0. The van der Waals surface area contributed by atoms with Crippen LogP contribution in [0, 0.1) is 0 Å². The van der Waals surface area contributed by atoms with Crippen LogP contribution in [0.4, 0.5) is 11.4 Å². The summed E-state index contributed by atoms with van der Waals surface area (Å²) in [5, 5.41) is 3.57. The van der Waals surface area contributed by atoms with Crippen molar-refractivity contribution in [3.8, 4) is 0 Å². The molecule has 104 valence electrons. The van der Waals surface area contributed by atoms with E-state index in [4.69, 9.17) is 23.2 Å². The summed E-state index contributed by atoms with van der Waals surface area (Å²) in [6, 6.07) is 10.2. The summed E-state index contributed by atoms with van der Waals surface area (Å²) >= 11 is 11.9. The largest absolute Gasteiger partial charge is 0.376 e. The number of nitrogens with zero attached hydrogens (tertiary/aromatic N) is 2. The Hall–Kier alpha value is -1.78. The van der Waals surface area contributed by atoms with Crippen molar-refractivity contribution in [1.82, 2.24) is 4.98 Å². The van der Waals surface area contributed by atoms with E-state index in [-0.39, 0.29) is 16.8 Å². The van der Waals surface area contributed by atoms with E-state index in [2.05, 4.69) is 10.3 Å². The lowest BCUT2D eigenvalue weighted by Crippen LogP contribution is -2.14. The molecule has 1 heterocycles. The molecule has 0 atom stereocenters. The van der Waals surface area contributed by atoms with Gasteiger partial charge in [-0.15, -0.1) is 0 Å². The zero-order valence-electron chi connectivity index (χ0n) is 11.0. The first-order valence-electron chi connectivity index (χ1n) is 5.88. The number of halogens is 2. The number of benzene rings is 1. The predicted molar refractivity (Wildman–Crippen MR) is 83.0 cm³/mol. The lowest BCUT2D eigenvalue weighted by Gasteiger charge is -2.15. The van der Waals surface area contributed by atoms with Gasteiger partial charge in [0.1, 0.15) is 10.8 Å². The van der Waals surface area contributed by atoms with Crippen molar-refractivity contribution >= 4 is 40.5 Å². The first-order valence-corrected chi connectivity index (χ1v) is 6.64. The van der Waals surface area contributed by atoms with Crippen LogP contribution in [-0.4, -0.2) is 25.0 Å². The predicted octanol–water partition coefficient (Wildman–Crippen LogP) is 3.71. The number of amides is 1. The van der Waals surface area contributed by atoms with E-state index in [1.165, 1.54) is 0 Å². The Morgan fingerprint density at radius 3 is 2.55 bits per heavy atom. The normalized spacial score (nSPS) is 10.2. The van der Waals surface area contributed by atoms with Gasteiger partial charge in [0.2, 0.25) is 0 Å². The van der Waals surface area contributed by atoms with Crippen LogP contribution >= 0.6 is 23.2 Å². The highest BCUT2D eigenvalue weighted by Crippen LogP contribution is 2.27. The molecule has 20 heavy (non-hydrogen) atoms. The average molecular weight is 310 g/mol. The monoisotopic (exact) mass is 309 g/mol. The van der Waals surface area contributed by atoms with Gasteiger partial charge in [-0.05, 0) is 30.3 Å². The molecule has 1 amide bonds. The van der Waals surface area contributed by atoms with Gasteiger partial charge in [0.25, 0.3) is 5.91 Å². The number of hydrogen-bond donors (Lipinski definition) is 1. The van der Waals surface area contributed by atoms with Gasteiger partial charge in [-0.2, -0.15) is 0 Å². The first kappa shape index (κ1) is 14.6. The maximum atomic E-state index is 12.0. The zero-order chi connectivity index (χ0) is 14.7. The highest BCUT2D eigenvalue weighted by Gasteiger charge is 2.10. The van der Waals surface area contributed by atoms with E-state index in [1.807, 2.05) is 25.1 Å². The minimum atomic E-state index is -0.332. The number of rotatable bonds is 3. The molecule has 0 saturated heterocycles. The molecule has 0 radical (unpaired) electrons. The molecule has 0 unspecified atom stereocenters. The summed E-state index contributed by atoms with van der Waals surface area (Å²) in [4.78, 5) is 17.9. The first-order chi connectivity index (χ1) is 9.47. The van der Waals surface area contributed by atoms with Crippen LogP contribution < -0.4 is 10.2 Å². The van der Waals surface area contributed by atoms with Gasteiger partial charge in [-0.1, -0.05) is 29.3 Å². The van der Waals surface area contributed by atoms with E-state index in [0.717, 1.165) is 5.69 Å². The summed E-state index contributed by atoms with van der Waals surface area (Å²) in [5.41, 5.74) is 1.74. The SMILES string of the molecule is CN(C)c1ccc(NC(=O)c2cccc(Cl)n2)cc1Cl. The molecule has 0 aliphatic rings. The number of carbonyl (C=O) groups is 1. The maximum Gasteiger partial charge on any atom is 0.274 e. The van der Waals surface area contributed by atoms with Crippen LogP contribution in [0.2, 0.25) is 10.2 Å². The van der Waals surface area contributed by atoms with Crippen molar-refractivity contribution in [3.05, 3.63) is 52.3 Å². The van der Waals surface area contributed by atoms with E-state index in [0.29, 0.717) is 10.7 Å². The number of carbonyl (C=O) groups excluding carboxylic acids is 1. The second-order valence-corrected chi connectivity index (χ2v) is 5.15. The van der Waals surface area contributed by atoms with Crippen LogP contribution in [0.1, 0.15) is 10.5 Å². The van der Waals surface area contributed by atoms with Crippen LogP contribution in [0.3, 0.4) is 0 Å². The van der Waals surface area contributed by atoms with Crippen molar-refractivity contribution in [1.29, 1.82) is 0 Å². The third kappa shape index (κ3) is 3.40. The van der Waals surface area contributed by atoms with Crippen molar-refractivity contribution < 1.29 is 4.79 Å². The van der Waals surface area contributed by atoms with Gasteiger partial charge in [-0.25, -0.2) is 4.98 Å². The quantitative estimate of drug-likeness (QED) is 0.879. The number of hydrogen-bond acceptors (Lipinski definition) is 3. The third-order valence-corrected chi connectivity index (χ3v) is 3.15. The Morgan fingerprint density at radius 1 is 1.20 bits per heavy atom. The fourth-order valence-corrected chi connectivity index (χ4v) is 2.19. The number of pyridine rings is 1. The molecule has 1 aromatic carbocycles. The Kier molecular flexibility index (Phi) is 4.47. The average Bonchev–Trinajstić information content (AvgIpc) is 2.38. The van der Waals surface area contributed by atoms with Gasteiger partial charge in [0.15, 0.2) is 0 Å². The molecule has 0 aliphatic carbocycles. The van der Waals surface area contributed by atoms with Gasteiger partial charge in [-0.3, -0.25) is 4.79 Å². The Balaban J connectivity index is 2.18. The summed E-state index contributed by atoms with van der Waals surface area (Å²) in [5.74, 6) is -0.332. The minimum absolute atomic E-state index is 0.255. The number of aromatic nitrogens is 1. The molecular weight excluding hydrogens is 297 g/mol. The van der Waals surface area contributed by atoms with Crippen LogP contribution in [0.5, 0.6) is 0 Å². The lowest BCUT2D eigenvalue weighted by atomic mass is 10.2.